The van der Waals surface area contributed by atoms with Crippen LogP contribution in [0.25, 0.3) is 0 Å². The van der Waals surface area contributed by atoms with E-state index in [9.17, 15) is 13.2 Å². The summed E-state index contributed by atoms with van der Waals surface area (Å²) in [6.07, 6.45) is -0.903. The van der Waals surface area contributed by atoms with Crippen LogP contribution in [0.2, 0.25) is 0 Å². The molecular formula is C13H23F3N2. The van der Waals surface area contributed by atoms with Gasteiger partial charge in [-0.25, -0.2) is 0 Å². The van der Waals surface area contributed by atoms with E-state index in [0.29, 0.717) is 24.9 Å². The number of nitrogens with zero attached hydrogens (tertiary/aromatic N) is 1. The Morgan fingerprint density at radius 2 is 1.94 bits per heavy atom. The van der Waals surface area contributed by atoms with E-state index in [0.717, 1.165) is 6.42 Å². The fourth-order valence-corrected chi connectivity index (χ4v) is 2.90. The van der Waals surface area contributed by atoms with Crippen molar-refractivity contribution in [2.75, 3.05) is 19.6 Å². The van der Waals surface area contributed by atoms with Gasteiger partial charge < -0.3 is 5.32 Å². The zero-order chi connectivity index (χ0) is 13.3. The van der Waals surface area contributed by atoms with E-state index in [1.54, 1.807) is 4.90 Å². The van der Waals surface area contributed by atoms with Gasteiger partial charge in [0.25, 0.3) is 0 Å². The van der Waals surface area contributed by atoms with Crippen LogP contribution in [-0.4, -0.2) is 42.8 Å². The van der Waals surface area contributed by atoms with Gasteiger partial charge in [0.05, 0.1) is 6.54 Å². The molecule has 0 aromatic carbocycles. The summed E-state index contributed by atoms with van der Waals surface area (Å²) in [6.45, 7) is 4.64. The van der Waals surface area contributed by atoms with Crippen LogP contribution in [0.4, 0.5) is 13.2 Å². The first kappa shape index (κ1) is 14.1. The third kappa shape index (κ3) is 4.12. The molecule has 0 bridgehead atoms. The number of rotatable bonds is 4. The van der Waals surface area contributed by atoms with E-state index >= 15 is 0 Å². The molecule has 0 radical (unpaired) electrons. The Labute approximate surface area is 107 Å². The lowest BCUT2D eigenvalue weighted by molar-refractivity contribution is -0.155. The Kier molecular flexibility index (Phi) is 4.22. The quantitative estimate of drug-likeness (QED) is 0.839. The highest BCUT2D eigenvalue weighted by atomic mass is 19.4. The van der Waals surface area contributed by atoms with Gasteiger partial charge in [0.15, 0.2) is 0 Å². The standard InChI is InChI=1S/C13H23F3N2/c1-9(2)5-11-6-17-12(10-3-4-10)7-18(11)8-13(14,15)16/h9-12,17H,3-8H2,1-2H3. The lowest BCUT2D eigenvalue weighted by Crippen LogP contribution is -2.59. The first-order chi connectivity index (χ1) is 8.35. The molecule has 2 unspecified atom stereocenters. The molecule has 18 heavy (non-hydrogen) atoms. The lowest BCUT2D eigenvalue weighted by Gasteiger charge is -2.41. The molecule has 1 heterocycles. The van der Waals surface area contributed by atoms with Crippen LogP contribution in [0.5, 0.6) is 0 Å². The molecule has 1 aliphatic heterocycles. The minimum absolute atomic E-state index is 0.0293. The predicted molar refractivity (Wildman–Crippen MR) is 65.4 cm³/mol. The average molecular weight is 264 g/mol. The van der Waals surface area contributed by atoms with Gasteiger partial charge in [-0.2, -0.15) is 13.2 Å². The normalized spacial score (nSPS) is 31.0. The largest absolute Gasteiger partial charge is 0.401 e. The van der Waals surface area contributed by atoms with Crippen molar-refractivity contribution in [2.45, 2.75) is 51.4 Å². The molecule has 2 aliphatic rings. The lowest BCUT2D eigenvalue weighted by atomic mass is 9.97. The summed E-state index contributed by atoms with van der Waals surface area (Å²) in [5.41, 5.74) is 0. The summed E-state index contributed by atoms with van der Waals surface area (Å²) in [5, 5.41) is 3.44. The summed E-state index contributed by atoms with van der Waals surface area (Å²) in [4.78, 5) is 1.65. The Bertz CT molecular complexity index is 274. The number of hydrogen-bond donors (Lipinski definition) is 1. The van der Waals surface area contributed by atoms with Crippen LogP contribution in [0.3, 0.4) is 0 Å². The number of piperazine rings is 1. The van der Waals surface area contributed by atoms with E-state index in [1.165, 1.54) is 12.8 Å². The molecule has 0 aromatic heterocycles. The second-order valence-corrected chi connectivity index (χ2v) is 6.18. The highest BCUT2D eigenvalue weighted by Gasteiger charge is 2.41. The van der Waals surface area contributed by atoms with Gasteiger partial charge in [-0.05, 0) is 31.1 Å². The Hall–Kier alpha value is -0.290. The van der Waals surface area contributed by atoms with Gasteiger partial charge in [0.2, 0.25) is 0 Å². The molecule has 106 valence electrons. The van der Waals surface area contributed by atoms with Crippen LogP contribution >= 0.6 is 0 Å². The number of hydrogen-bond acceptors (Lipinski definition) is 2. The Morgan fingerprint density at radius 1 is 1.28 bits per heavy atom. The molecule has 2 fully saturated rings. The molecule has 1 N–H and O–H groups in total. The highest BCUT2D eigenvalue weighted by Crippen LogP contribution is 2.35. The van der Waals surface area contributed by atoms with Gasteiger partial charge in [0, 0.05) is 25.2 Å². The van der Waals surface area contributed by atoms with Gasteiger partial charge in [-0.3, -0.25) is 4.90 Å². The topological polar surface area (TPSA) is 15.3 Å². The average Bonchev–Trinajstić information content (AvgIpc) is 3.01. The molecule has 1 aliphatic carbocycles. The van der Waals surface area contributed by atoms with Gasteiger partial charge in [-0.15, -0.1) is 0 Å². The summed E-state index contributed by atoms with van der Waals surface area (Å²) in [5.74, 6) is 1.05. The van der Waals surface area contributed by atoms with Crippen molar-refractivity contribution in [3.8, 4) is 0 Å². The van der Waals surface area contributed by atoms with E-state index in [1.807, 2.05) is 0 Å². The van der Waals surface area contributed by atoms with E-state index in [4.69, 9.17) is 0 Å². The fourth-order valence-electron chi connectivity index (χ4n) is 2.90. The summed E-state index contributed by atoms with van der Waals surface area (Å²) in [7, 11) is 0. The van der Waals surface area contributed by atoms with Crippen LogP contribution in [0.1, 0.15) is 33.1 Å². The number of nitrogens with one attached hydrogen (secondary N) is 1. The van der Waals surface area contributed by atoms with Crippen molar-refractivity contribution in [2.24, 2.45) is 11.8 Å². The van der Waals surface area contributed by atoms with E-state index < -0.39 is 12.7 Å². The molecule has 1 saturated heterocycles. The second-order valence-electron chi connectivity index (χ2n) is 6.18. The van der Waals surface area contributed by atoms with Crippen molar-refractivity contribution in [1.82, 2.24) is 10.2 Å². The summed E-state index contributed by atoms with van der Waals surface area (Å²) in [6, 6.07) is 0.303. The number of halogens is 3. The van der Waals surface area contributed by atoms with Crippen LogP contribution in [0.15, 0.2) is 0 Å². The van der Waals surface area contributed by atoms with Crippen molar-refractivity contribution >= 4 is 0 Å². The van der Waals surface area contributed by atoms with Gasteiger partial charge in [-0.1, -0.05) is 13.8 Å². The Morgan fingerprint density at radius 3 is 2.44 bits per heavy atom. The SMILES string of the molecule is CC(C)CC1CNC(C2CC2)CN1CC(F)(F)F. The van der Waals surface area contributed by atoms with Crippen molar-refractivity contribution < 1.29 is 13.2 Å². The molecule has 2 atom stereocenters. The zero-order valence-corrected chi connectivity index (χ0v) is 11.1. The minimum Gasteiger partial charge on any atom is -0.311 e. The van der Waals surface area contributed by atoms with Crippen molar-refractivity contribution in [3.63, 3.8) is 0 Å². The monoisotopic (exact) mass is 264 g/mol. The molecule has 2 nitrogen and oxygen atoms in total. The third-order valence-corrected chi connectivity index (χ3v) is 3.88. The molecule has 5 heteroatoms. The first-order valence-corrected chi connectivity index (χ1v) is 6.89. The van der Waals surface area contributed by atoms with Crippen LogP contribution < -0.4 is 5.32 Å². The maximum absolute atomic E-state index is 12.6. The van der Waals surface area contributed by atoms with Crippen LogP contribution in [0, 0.1) is 11.8 Å². The molecule has 2 rings (SSSR count). The Balaban J connectivity index is 1.95. The molecule has 1 saturated carbocycles. The maximum Gasteiger partial charge on any atom is 0.401 e. The molecule has 0 aromatic rings. The predicted octanol–water partition coefficient (Wildman–Crippen LogP) is 2.65. The van der Waals surface area contributed by atoms with E-state index in [-0.39, 0.29) is 12.1 Å². The first-order valence-electron chi connectivity index (χ1n) is 6.89. The van der Waals surface area contributed by atoms with Gasteiger partial charge >= 0.3 is 6.18 Å². The highest BCUT2D eigenvalue weighted by molar-refractivity contribution is 4.95. The van der Waals surface area contributed by atoms with Crippen molar-refractivity contribution in [1.29, 1.82) is 0 Å². The summed E-state index contributed by atoms with van der Waals surface area (Å²) < 4.78 is 37.9. The number of alkyl halides is 3. The maximum atomic E-state index is 12.6. The smallest absolute Gasteiger partial charge is 0.311 e. The van der Waals surface area contributed by atoms with Crippen molar-refractivity contribution in [3.05, 3.63) is 0 Å². The second kappa shape index (κ2) is 5.37. The fraction of sp³-hybridized carbons (Fsp3) is 1.00. The van der Waals surface area contributed by atoms with Crippen LogP contribution in [-0.2, 0) is 0 Å². The molecule has 0 amide bonds. The summed E-state index contributed by atoms with van der Waals surface area (Å²) >= 11 is 0. The van der Waals surface area contributed by atoms with Gasteiger partial charge in [0.1, 0.15) is 0 Å². The molecule has 0 spiro atoms. The van der Waals surface area contributed by atoms with E-state index in [2.05, 4.69) is 19.2 Å². The molecular weight excluding hydrogens is 241 g/mol. The third-order valence-electron chi connectivity index (χ3n) is 3.88. The zero-order valence-electron chi connectivity index (χ0n) is 11.1. The minimum atomic E-state index is -4.08.